The van der Waals surface area contributed by atoms with Gasteiger partial charge < -0.3 is 19.5 Å². The molecule has 1 aromatic carbocycles. The quantitative estimate of drug-likeness (QED) is 0.753. The van der Waals surface area contributed by atoms with E-state index in [9.17, 15) is 4.79 Å². The molecule has 0 aromatic heterocycles. The Morgan fingerprint density at radius 1 is 1.26 bits per heavy atom. The van der Waals surface area contributed by atoms with Crippen molar-refractivity contribution in [3.05, 3.63) is 29.8 Å². The van der Waals surface area contributed by atoms with Gasteiger partial charge in [-0.25, -0.2) is 0 Å². The summed E-state index contributed by atoms with van der Waals surface area (Å²) < 4.78 is 10.2. The van der Waals surface area contributed by atoms with Gasteiger partial charge in [0, 0.05) is 25.8 Å². The van der Waals surface area contributed by atoms with Crippen LogP contribution in [-0.2, 0) is 16.0 Å². The van der Waals surface area contributed by atoms with Crippen LogP contribution < -0.4 is 4.74 Å². The van der Waals surface area contributed by atoms with Gasteiger partial charge in [0.15, 0.2) is 0 Å². The second kappa shape index (κ2) is 8.50. The highest BCUT2D eigenvalue weighted by Gasteiger charge is 2.15. The first-order valence-electron chi connectivity index (χ1n) is 6.22. The highest BCUT2D eigenvalue weighted by molar-refractivity contribution is 5.79. The molecular formula is C14H21NO4. The standard InChI is InChI=1S/C14H21NO4/c1-18-10-8-15(7-9-16)14(17)11-12-5-3-4-6-13(12)19-2/h3-6,16H,7-11H2,1-2H3. The highest BCUT2D eigenvalue weighted by atomic mass is 16.5. The lowest BCUT2D eigenvalue weighted by Crippen LogP contribution is -2.37. The largest absolute Gasteiger partial charge is 0.496 e. The summed E-state index contributed by atoms with van der Waals surface area (Å²) in [6.07, 6.45) is 0.258. The second-order valence-corrected chi connectivity index (χ2v) is 4.09. The summed E-state index contributed by atoms with van der Waals surface area (Å²) in [6, 6.07) is 7.43. The van der Waals surface area contributed by atoms with E-state index in [2.05, 4.69) is 0 Å². The van der Waals surface area contributed by atoms with E-state index in [0.717, 1.165) is 5.56 Å². The van der Waals surface area contributed by atoms with Crippen molar-refractivity contribution in [2.45, 2.75) is 6.42 Å². The summed E-state index contributed by atoms with van der Waals surface area (Å²) in [6.45, 7) is 1.20. The third-order valence-electron chi connectivity index (χ3n) is 2.82. The Morgan fingerprint density at radius 3 is 2.63 bits per heavy atom. The van der Waals surface area contributed by atoms with E-state index < -0.39 is 0 Å². The molecule has 0 fully saturated rings. The molecule has 1 N–H and O–H groups in total. The Hall–Kier alpha value is -1.59. The van der Waals surface area contributed by atoms with Gasteiger partial charge in [0.05, 0.1) is 26.7 Å². The zero-order chi connectivity index (χ0) is 14.1. The molecule has 106 valence electrons. The Labute approximate surface area is 113 Å². The van der Waals surface area contributed by atoms with Crippen LogP contribution in [0.25, 0.3) is 0 Å². The van der Waals surface area contributed by atoms with E-state index in [1.807, 2.05) is 24.3 Å². The number of rotatable bonds is 8. The minimum absolute atomic E-state index is 0.0457. The zero-order valence-corrected chi connectivity index (χ0v) is 11.5. The highest BCUT2D eigenvalue weighted by Crippen LogP contribution is 2.18. The third kappa shape index (κ3) is 4.89. The molecule has 0 aliphatic rings. The lowest BCUT2D eigenvalue weighted by molar-refractivity contribution is -0.131. The van der Waals surface area contributed by atoms with Crippen molar-refractivity contribution >= 4 is 5.91 Å². The first-order valence-corrected chi connectivity index (χ1v) is 6.22. The Bertz CT molecular complexity index is 395. The molecule has 0 radical (unpaired) electrons. The zero-order valence-electron chi connectivity index (χ0n) is 11.5. The smallest absolute Gasteiger partial charge is 0.227 e. The van der Waals surface area contributed by atoms with Crippen LogP contribution in [0.5, 0.6) is 5.75 Å². The van der Waals surface area contributed by atoms with Crippen LogP contribution in [0, 0.1) is 0 Å². The van der Waals surface area contributed by atoms with Crippen molar-refractivity contribution in [3.63, 3.8) is 0 Å². The Morgan fingerprint density at radius 2 is 2.00 bits per heavy atom. The lowest BCUT2D eigenvalue weighted by Gasteiger charge is -2.21. The predicted molar refractivity (Wildman–Crippen MR) is 72.2 cm³/mol. The van der Waals surface area contributed by atoms with Gasteiger partial charge in [0.2, 0.25) is 5.91 Å². The first kappa shape index (κ1) is 15.5. The van der Waals surface area contributed by atoms with Gasteiger partial charge in [-0.15, -0.1) is 0 Å². The summed E-state index contributed by atoms with van der Waals surface area (Å²) in [4.78, 5) is 13.8. The third-order valence-corrected chi connectivity index (χ3v) is 2.82. The van der Waals surface area contributed by atoms with Gasteiger partial charge in [-0.3, -0.25) is 4.79 Å². The van der Waals surface area contributed by atoms with Gasteiger partial charge in [-0.2, -0.15) is 0 Å². The van der Waals surface area contributed by atoms with Crippen LogP contribution in [0.1, 0.15) is 5.56 Å². The summed E-state index contributed by atoms with van der Waals surface area (Å²) in [7, 11) is 3.17. The molecule has 1 rings (SSSR count). The fourth-order valence-electron chi connectivity index (χ4n) is 1.81. The van der Waals surface area contributed by atoms with E-state index >= 15 is 0 Å². The van der Waals surface area contributed by atoms with Crippen LogP contribution in [0.2, 0.25) is 0 Å². The van der Waals surface area contributed by atoms with Crippen LogP contribution in [-0.4, -0.2) is 56.4 Å². The van der Waals surface area contributed by atoms with Crippen molar-refractivity contribution in [2.24, 2.45) is 0 Å². The molecule has 0 atom stereocenters. The van der Waals surface area contributed by atoms with Crippen molar-refractivity contribution in [2.75, 3.05) is 40.5 Å². The van der Waals surface area contributed by atoms with Gasteiger partial charge in [-0.05, 0) is 6.07 Å². The Balaban J connectivity index is 2.69. The van der Waals surface area contributed by atoms with Gasteiger partial charge >= 0.3 is 0 Å². The number of hydrogen-bond acceptors (Lipinski definition) is 4. The van der Waals surface area contributed by atoms with E-state index in [4.69, 9.17) is 14.6 Å². The number of amides is 1. The number of carbonyl (C=O) groups excluding carboxylic acids is 1. The van der Waals surface area contributed by atoms with Crippen LogP contribution in [0.4, 0.5) is 0 Å². The molecule has 0 aliphatic carbocycles. The van der Waals surface area contributed by atoms with Crippen molar-refractivity contribution in [3.8, 4) is 5.75 Å². The average Bonchev–Trinajstić information content (AvgIpc) is 2.44. The molecule has 0 saturated heterocycles. The molecule has 5 nitrogen and oxygen atoms in total. The maximum atomic E-state index is 12.2. The van der Waals surface area contributed by atoms with Gasteiger partial charge in [0.1, 0.15) is 5.75 Å². The molecule has 0 aliphatic heterocycles. The lowest BCUT2D eigenvalue weighted by atomic mass is 10.1. The van der Waals surface area contributed by atoms with Crippen LogP contribution in [0.15, 0.2) is 24.3 Å². The predicted octanol–water partition coefficient (Wildman–Crippen LogP) is 0.705. The number of ether oxygens (including phenoxy) is 2. The number of carbonyl (C=O) groups is 1. The fourth-order valence-corrected chi connectivity index (χ4v) is 1.81. The molecule has 1 amide bonds. The maximum absolute atomic E-state index is 12.2. The second-order valence-electron chi connectivity index (χ2n) is 4.09. The van der Waals surface area contributed by atoms with Crippen LogP contribution in [0.3, 0.4) is 0 Å². The molecule has 0 bridgehead atoms. The molecule has 0 unspecified atom stereocenters. The van der Waals surface area contributed by atoms with E-state index in [1.54, 1.807) is 19.1 Å². The number of hydrogen-bond donors (Lipinski definition) is 1. The summed E-state index contributed by atoms with van der Waals surface area (Å²) in [5, 5.41) is 8.99. The first-order chi connectivity index (χ1) is 9.22. The molecule has 0 heterocycles. The van der Waals surface area contributed by atoms with Gasteiger partial charge in [0.25, 0.3) is 0 Å². The number of aliphatic hydroxyl groups excluding tert-OH is 1. The minimum atomic E-state index is -0.0542. The van der Waals surface area contributed by atoms with E-state index in [0.29, 0.717) is 25.4 Å². The van der Waals surface area contributed by atoms with Gasteiger partial charge in [-0.1, -0.05) is 18.2 Å². The average molecular weight is 267 g/mol. The summed E-state index contributed by atoms with van der Waals surface area (Å²) in [5.41, 5.74) is 0.843. The molecular weight excluding hydrogens is 246 g/mol. The van der Waals surface area contributed by atoms with E-state index in [1.165, 1.54) is 0 Å². The fraction of sp³-hybridized carbons (Fsp3) is 0.500. The molecule has 0 spiro atoms. The van der Waals surface area contributed by atoms with Crippen molar-refractivity contribution in [1.29, 1.82) is 0 Å². The van der Waals surface area contributed by atoms with Crippen molar-refractivity contribution < 1.29 is 19.4 Å². The minimum Gasteiger partial charge on any atom is -0.496 e. The SMILES string of the molecule is COCCN(CCO)C(=O)Cc1ccccc1OC. The number of methoxy groups -OCH3 is 2. The molecule has 19 heavy (non-hydrogen) atoms. The number of benzene rings is 1. The number of nitrogens with zero attached hydrogens (tertiary/aromatic N) is 1. The Kier molecular flexibility index (Phi) is 6.92. The monoisotopic (exact) mass is 267 g/mol. The van der Waals surface area contributed by atoms with E-state index in [-0.39, 0.29) is 18.9 Å². The number of aliphatic hydroxyl groups is 1. The molecule has 0 saturated carbocycles. The molecule has 5 heteroatoms. The number of para-hydroxylation sites is 1. The van der Waals surface area contributed by atoms with Crippen molar-refractivity contribution in [1.82, 2.24) is 4.90 Å². The normalized spacial score (nSPS) is 10.3. The summed E-state index contributed by atoms with van der Waals surface area (Å²) >= 11 is 0. The molecule has 1 aromatic rings. The topological polar surface area (TPSA) is 59.0 Å². The summed E-state index contributed by atoms with van der Waals surface area (Å²) in [5.74, 6) is 0.655. The maximum Gasteiger partial charge on any atom is 0.227 e. The van der Waals surface area contributed by atoms with Crippen LogP contribution >= 0.6 is 0 Å².